The molecule has 108 valence electrons. The van der Waals surface area contributed by atoms with Crippen molar-refractivity contribution < 1.29 is 23.8 Å². The Morgan fingerprint density at radius 3 is 2.70 bits per heavy atom. The van der Waals surface area contributed by atoms with Crippen molar-refractivity contribution >= 4 is 23.6 Å². The van der Waals surface area contributed by atoms with Gasteiger partial charge in [0.2, 0.25) is 5.91 Å². The number of halogens is 1. The summed E-state index contributed by atoms with van der Waals surface area (Å²) in [6.07, 6.45) is 1.92. The summed E-state index contributed by atoms with van der Waals surface area (Å²) in [5.74, 6) is -2.16. The van der Waals surface area contributed by atoms with Gasteiger partial charge in [-0.3, -0.25) is 4.79 Å². The number of carboxylic acid groups (broad SMARTS) is 1. The van der Waals surface area contributed by atoms with Gasteiger partial charge in [-0.25, -0.2) is 9.18 Å². The molecule has 0 saturated heterocycles. The first-order valence-electron chi connectivity index (χ1n) is 6.00. The molecule has 1 amide bonds. The number of carbonyl (C=O) groups is 2. The number of hydrogen-bond acceptors (Lipinski definition) is 3. The predicted molar refractivity (Wildman–Crippen MR) is 72.8 cm³/mol. The molecule has 0 fully saturated rings. The van der Waals surface area contributed by atoms with Gasteiger partial charge >= 0.3 is 5.97 Å². The normalized spacial score (nSPS) is 11.0. The molecule has 5 nitrogen and oxygen atoms in total. The summed E-state index contributed by atoms with van der Waals surface area (Å²) in [6.45, 7) is 3.49. The highest BCUT2D eigenvalue weighted by atomic mass is 19.1. The Bertz CT molecular complexity index is 526. The second kappa shape index (κ2) is 7.40. The maximum absolute atomic E-state index is 13.6. The van der Waals surface area contributed by atoms with Gasteiger partial charge in [0.05, 0.1) is 6.10 Å². The summed E-state index contributed by atoms with van der Waals surface area (Å²) in [7, 11) is 0. The largest absolute Gasteiger partial charge is 0.478 e. The molecule has 0 radical (unpaired) electrons. The molecule has 0 aliphatic carbocycles. The molecule has 1 rings (SSSR count). The average molecular weight is 281 g/mol. The van der Waals surface area contributed by atoms with Gasteiger partial charge in [0, 0.05) is 17.3 Å². The van der Waals surface area contributed by atoms with Crippen molar-refractivity contribution in [1.82, 2.24) is 0 Å². The number of nitrogens with one attached hydrogen (secondary N) is 1. The van der Waals surface area contributed by atoms with E-state index in [9.17, 15) is 14.0 Å². The van der Waals surface area contributed by atoms with Crippen LogP contribution < -0.4 is 5.32 Å². The van der Waals surface area contributed by atoms with Crippen molar-refractivity contribution in [3.05, 3.63) is 35.7 Å². The highest BCUT2D eigenvalue weighted by molar-refractivity contribution is 5.92. The molecule has 0 spiro atoms. The van der Waals surface area contributed by atoms with Crippen LogP contribution in [0.2, 0.25) is 0 Å². The van der Waals surface area contributed by atoms with Gasteiger partial charge in [0.15, 0.2) is 0 Å². The van der Waals surface area contributed by atoms with E-state index in [1.54, 1.807) is 13.8 Å². The van der Waals surface area contributed by atoms with Crippen molar-refractivity contribution in [3.63, 3.8) is 0 Å². The third-order valence-corrected chi connectivity index (χ3v) is 2.24. The van der Waals surface area contributed by atoms with Crippen LogP contribution in [0.15, 0.2) is 24.3 Å². The second-order valence-corrected chi connectivity index (χ2v) is 4.32. The minimum Gasteiger partial charge on any atom is -0.478 e. The van der Waals surface area contributed by atoms with Crippen LogP contribution in [0.25, 0.3) is 6.08 Å². The van der Waals surface area contributed by atoms with Crippen molar-refractivity contribution in [1.29, 1.82) is 0 Å². The van der Waals surface area contributed by atoms with Crippen molar-refractivity contribution in [2.75, 3.05) is 11.9 Å². The number of rotatable bonds is 6. The molecule has 20 heavy (non-hydrogen) atoms. The zero-order valence-corrected chi connectivity index (χ0v) is 11.2. The predicted octanol–water partition coefficient (Wildman–Crippen LogP) is 2.29. The van der Waals surface area contributed by atoms with Crippen molar-refractivity contribution in [2.24, 2.45) is 0 Å². The lowest BCUT2D eigenvalue weighted by Crippen LogP contribution is -2.20. The number of amides is 1. The number of aliphatic carboxylic acids is 1. The molecule has 0 atom stereocenters. The maximum Gasteiger partial charge on any atom is 0.328 e. The molecular formula is C14H16FNO4. The summed E-state index contributed by atoms with van der Waals surface area (Å²) in [6, 6.07) is 3.99. The van der Waals surface area contributed by atoms with E-state index in [2.05, 4.69) is 5.32 Å². The fraction of sp³-hybridized carbons (Fsp3) is 0.286. The standard InChI is InChI=1S/C14H16FNO4/c1-9(2)20-8-13(17)16-11-5-3-10(12(15)7-11)4-6-14(18)19/h3-7,9H,8H2,1-2H3,(H,16,17)(H,18,19)/b6-4+. The summed E-state index contributed by atoms with van der Waals surface area (Å²) in [5.41, 5.74) is 0.413. The number of hydrogen-bond donors (Lipinski definition) is 2. The number of carboxylic acids is 1. The summed E-state index contributed by atoms with van der Waals surface area (Å²) < 4.78 is 18.8. The Labute approximate surface area is 116 Å². The minimum absolute atomic E-state index is 0.0685. The van der Waals surface area contributed by atoms with Crippen LogP contribution in [0.5, 0.6) is 0 Å². The van der Waals surface area contributed by atoms with E-state index >= 15 is 0 Å². The van der Waals surface area contributed by atoms with E-state index in [4.69, 9.17) is 9.84 Å². The monoisotopic (exact) mass is 281 g/mol. The Hall–Kier alpha value is -2.21. The van der Waals surface area contributed by atoms with E-state index in [0.717, 1.165) is 18.2 Å². The minimum atomic E-state index is -1.16. The number of anilines is 1. The van der Waals surface area contributed by atoms with Crippen LogP contribution in [0.3, 0.4) is 0 Å². The molecule has 0 aliphatic rings. The molecule has 0 saturated carbocycles. The molecular weight excluding hydrogens is 265 g/mol. The van der Waals surface area contributed by atoms with E-state index in [-0.39, 0.29) is 29.9 Å². The number of carbonyl (C=O) groups excluding carboxylic acids is 1. The van der Waals surface area contributed by atoms with Crippen LogP contribution in [0, 0.1) is 5.82 Å². The zero-order valence-electron chi connectivity index (χ0n) is 11.2. The second-order valence-electron chi connectivity index (χ2n) is 4.32. The maximum atomic E-state index is 13.6. The molecule has 0 bridgehead atoms. The van der Waals surface area contributed by atoms with E-state index in [0.29, 0.717) is 0 Å². The fourth-order valence-electron chi connectivity index (χ4n) is 1.34. The molecule has 0 aliphatic heterocycles. The van der Waals surface area contributed by atoms with Gasteiger partial charge in [-0.2, -0.15) is 0 Å². The highest BCUT2D eigenvalue weighted by Gasteiger charge is 2.06. The lowest BCUT2D eigenvalue weighted by Gasteiger charge is -2.09. The van der Waals surface area contributed by atoms with Crippen LogP contribution >= 0.6 is 0 Å². The van der Waals surface area contributed by atoms with Gasteiger partial charge in [0.1, 0.15) is 12.4 Å². The Morgan fingerprint density at radius 1 is 1.45 bits per heavy atom. The van der Waals surface area contributed by atoms with Crippen LogP contribution in [-0.4, -0.2) is 29.7 Å². The number of benzene rings is 1. The lowest BCUT2D eigenvalue weighted by molar-refractivity contribution is -0.131. The molecule has 1 aromatic rings. The van der Waals surface area contributed by atoms with E-state index in [1.165, 1.54) is 12.1 Å². The van der Waals surface area contributed by atoms with Crippen molar-refractivity contribution in [3.8, 4) is 0 Å². The molecule has 0 unspecified atom stereocenters. The molecule has 0 aromatic heterocycles. The van der Waals surface area contributed by atoms with E-state index in [1.807, 2.05) is 0 Å². The van der Waals surface area contributed by atoms with Gasteiger partial charge in [-0.15, -0.1) is 0 Å². The summed E-state index contributed by atoms with van der Waals surface area (Å²) in [5, 5.41) is 10.9. The third-order valence-electron chi connectivity index (χ3n) is 2.24. The molecule has 6 heteroatoms. The third kappa shape index (κ3) is 5.62. The first kappa shape index (κ1) is 15.8. The molecule has 0 heterocycles. The Balaban J connectivity index is 2.67. The topological polar surface area (TPSA) is 75.6 Å². The number of ether oxygens (including phenoxy) is 1. The smallest absolute Gasteiger partial charge is 0.328 e. The SMILES string of the molecule is CC(C)OCC(=O)Nc1ccc(/C=C/C(=O)O)c(F)c1. The molecule has 2 N–H and O–H groups in total. The zero-order chi connectivity index (χ0) is 15.1. The first-order chi connectivity index (χ1) is 9.38. The fourth-order valence-corrected chi connectivity index (χ4v) is 1.34. The van der Waals surface area contributed by atoms with Gasteiger partial charge in [-0.1, -0.05) is 0 Å². The lowest BCUT2D eigenvalue weighted by atomic mass is 10.1. The Morgan fingerprint density at radius 2 is 2.15 bits per heavy atom. The van der Waals surface area contributed by atoms with Crippen LogP contribution in [0.4, 0.5) is 10.1 Å². The van der Waals surface area contributed by atoms with Crippen LogP contribution in [-0.2, 0) is 14.3 Å². The first-order valence-corrected chi connectivity index (χ1v) is 6.00. The summed E-state index contributed by atoms with van der Waals surface area (Å²) in [4.78, 5) is 21.8. The van der Waals surface area contributed by atoms with Crippen LogP contribution in [0.1, 0.15) is 19.4 Å². The Kier molecular flexibility index (Phi) is 5.86. The average Bonchev–Trinajstić information content (AvgIpc) is 2.35. The quantitative estimate of drug-likeness (QED) is 0.784. The van der Waals surface area contributed by atoms with Gasteiger partial charge < -0.3 is 15.2 Å². The molecule has 1 aromatic carbocycles. The highest BCUT2D eigenvalue weighted by Crippen LogP contribution is 2.16. The summed E-state index contributed by atoms with van der Waals surface area (Å²) >= 11 is 0. The van der Waals surface area contributed by atoms with Gasteiger partial charge in [0.25, 0.3) is 0 Å². The van der Waals surface area contributed by atoms with Crippen molar-refractivity contribution in [2.45, 2.75) is 20.0 Å². The van der Waals surface area contributed by atoms with Gasteiger partial charge in [-0.05, 0) is 38.1 Å². The van der Waals surface area contributed by atoms with E-state index < -0.39 is 11.8 Å².